The van der Waals surface area contributed by atoms with E-state index < -0.39 is 16.1 Å². The second kappa shape index (κ2) is 7.04. The molecule has 7 heteroatoms. The zero-order chi connectivity index (χ0) is 20.9. The van der Waals surface area contributed by atoms with E-state index >= 15 is 0 Å². The summed E-state index contributed by atoms with van der Waals surface area (Å²) >= 11 is 0. The summed E-state index contributed by atoms with van der Waals surface area (Å²) in [6.07, 6.45) is 4.52. The van der Waals surface area contributed by atoms with Crippen molar-refractivity contribution in [2.24, 2.45) is 0 Å². The molecule has 0 unspecified atom stereocenters. The summed E-state index contributed by atoms with van der Waals surface area (Å²) in [5.74, 6) is -0.234. The fraction of sp³-hybridized carbons (Fsp3) is 0.217. The lowest BCUT2D eigenvalue weighted by Gasteiger charge is -2.24. The number of benzene rings is 2. The van der Waals surface area contributed by atoms with Crippen LogP contribution >= 0.6 is 0 Å². The van der Waals surface area contributed by atoms with Crippen LogP contribution in [0.2, 0.25) is 0 Å². The molecule has 3 heterocycles. The Morgan fingerprint density at radius 1 is 1.00 bits per heavy atom. The molecule has 1 atom stereocenters. The largest absolute Gasteiger partial charge is 0.277 e. The van der Waals surface area contributed by atoms with Crippen molar-refractivity contribution in [3.8, 4) is 0 Å². The summed E-state index contributed by atoms with van der Waals surface area (Å²) in [5, 5.41) is 1.88. The van der Waals surface area contributed by atoms with Crippen LogP contribution in [0.25, 0.3) is 21.8 Å². The van der Waals surface area contributed by atoms with Gasteiger partial charge in [0.2, 0.25) is 15.9 Å². The third-order valence-electron chi connectivity index (χ3n) is 5.81. The van der Waals surface area contributed by atoms with E-state index in [1.54, 1.807) is 41.2 Å². The molecule has 0 aliphatic carbocycles. The molecule has 2 aromatic heterocycles. The van der Waals surface area contributed by atoms with Crippen LogP contribution in [-0.2, 0) is 10.0 Å². The fourth-order valence-electron chi connectivity index (χ4n) is 4.32. The molecule has 0 saturated carbocycles. The Balaban J connectivity index is 1.62. The van der Waals surface area contributed by atoms with Crippen LogP contribution in [0.1, 0.15) is 23.2 Å². The molecule has 6 nitrogen and oxygen atoms in total. The van der Waals surface area contributed by atoms with Crippen molar-refractivity contribution in [3.63, 3.8) is 0 Å². The van der Waals surface area contributed by atoms with Gasteiger partial charge in [-0.25, -0.2) is 8.42 Å². The number of aryl methyl sites for hydroxylation is 1. The highest BCUT2D eigenvalue weighted by molar-refractivity contribution is 7.89. The third kappa shape index (κ3) is 2.85. The van der Waals surface area contributed by atoms with Crippen molar-refractivity contribution < 1.29 is 13.2 Å². The standard InChI is InChI=1S/C23H21N3O3S/c1-16-8-10-17(11-9-16)30(28,29)25-14-4-7-21(25)23(27)26-20-6-3-2-5-18(20)19-12-13-24-15-22(19)26/h2-3,5-6,8-13,15,21H,4,7,14H2,1H3/t21-/m1/s1. The zero-order valence-electron chi connectivity index (χ0n) is 16.5. The molecule has 4 aromatic rings. The normalized spacial score (nSPS) is 17.7. The summed E-state index contributed by atoms with van der Waals surface area (Å²) in [6, 6.07) is 15.6. The van der Waals surface area contributed by atoms with Crippen molar-refractivity contribution in [3.05, 3.63) is 72.6 Å². The molecule has 5 rings (SSSR count). The number of fused-ring (bicyclic) bond motifs is 3. The van der Waals surface area contributed by atoms with Crippen molar-refractivity contribution in [2.75, 3.05) is 6.54 Å². The SMILES string of the molecule is Cc1ccc(S(=O)(=O)N2CCC[C@@H]2C(=O)n2c3ccccc3c3ccncc32)cc1. The molecular formula is C23H21N3O3S. The number of sulfonamides is 1. The highest BCUT2D eigenvalue weighted by Gasteiger charge is 2.40. The first-order chi connectivity index (χ1) is 14.5. The van der Waals surface area contributed by atoms with Gasteiger partial charge in [-0.1, -0.05) is 35.9 Å². The van der Waals surface area contributed by atoms with Gasteiger partial charge in [0.05, 0.1) is 22.1 Å². The second-order valence-electron chi connectivity index (χ2n) is 7.67. The van der Waals surface area contributed by atoms with Gasteiger partial charge >= 0.3 is 0 Å². The van der Waals surface area contributed by atoms with E-state index in [2.05, 4.69) is 4.98 Å². The molecule has 0 radical (unpaired) electrons. The number of aromatic nitrogens is 2. The molecule has 1 aliphatic rings. The topological polar surface area (TPSA) is 72.3 Å². The molecule has 2 aromatic carbocycles. The summed E-state index contributed by atoms with van der Waals surface area (Å²) in [7, 11) is -3.76. The van der Waals surface area contributed by atoms with E-state index in [-0.39, 0.29) is 10.8 Å². The maximum Gasteiger partial charge on any atom is 0.250 e. The van der Waals surface area contributed by atoms with Crippen LogP contribution in [0.5, 0.6) is 0 Å². The molecule has 152 valence electrons. The lowest BCUT2D eigenvalue weighted by Crippen LogP contribution is -2.42. The smallest absolute Gasteiger partial charge is 0.250 e. The summed E-state index contributed by atoms with van der Waals surface area (Å²) in [6.45, 7) is 2.25. The monoisotopic (exact) mass is 419 g/mol. The van der Waals surface area contributed by atoms with Crippen LogP contribution in [0.3, 0.4) is 0 Å². The van der Waals surface area contributed by atoms with Gasteiger partial charge in [0.1, 0.15) is 6.04 Å². The summed E-state index contributed by atoms with van der Waals surface area (Å²) in [4.78, 5) is 18.1. The quantitative estimate of drug-likeness (QED) is 0.503. The number of hydrogen-bond acceptors (Lipinski definition) is 4. The number of pyridine rings is 1. The van der Waals surface area contributed by atoms with Crippen LogP contribution in [0.4, 0.5) is 0 Å². The zero-order valence-corrected chi connectivity index (χ0v) is 17.3. The van der Waals surface area contributed by atoms with Crippen LogP contribution in [0, 0.1) is 6.92 Å². The molecule has 1 fully saturated rings. The van der Waals surface area contributed by atoms with Crippen molar-refractivity contribution in [1.82, 2.24) is 13.9 Å². The summed E-state index contributed by atoms with van der Waals surface area (Å²) < 4.78 is 29.6. The fourth-order valence-corrected chi connectivity index (χ4v) is 5.98. The number of rotatable bonds is 3. The Kier molecular flexibility index (Phi) is 4.45. The Labute approximate surface area is 174 Å². The number of nitrogens with zero attached hydrogens (tertiary/aromatic N) is 3. The second-order valence-corrected chi connectivity index (χ2v) is 9.56. The molecule has 30 heavy (non-hydrogen) atoms. The number of para-hydroxylation sites is 1. The first-order valence-electron chi connectivity index (χ1n) is 9.94. The van der Waals surface area contributed by atoms with Gasteiger partial charge in [-0.05, 0) is 44.0 Å². The van der Waals surface area contributed by atoms with E-state index in [1.165, 1.54) is 4.31 Å². The van der Waals surface area contributed by atoms with Gasteiger partial charge in [-0.3, -0.25) is 14.3 Å². The molecular weight excluding hydrogens is 398 g/mol. The Morgan fingerprint density at radius 2 is 1.73 bits per heavy atom. The maximum absolute atomic E-state index is 13.7. The predicted octanol–water partition coefficient (Wildman–Crippen LogP) is 3.99. The molecule has 0 bridgehead atoms. The minimum Gasteiger partial charge on any atom is -0.277 e. The number of hydrogen-bond donors (Lipinski definition) is 0. The predicted molar refractivity (Wildman–Crippen MR) is 116 cm³/mol. The van der Waals surface area contributed by atoms with Crippen LogP contribution < -0.4 is 0 Å². The molecule has 1 saturated heterocycles. The highest BCUT2D eigenvalue weighted by atomic mass is 32.2. The molecule has 0 N–H and O–H groups in total. The van der Waals surface area contributed by atoms with Gasteiger partial charge in [-0.15, -0.1) is 0 Å². The first kappa shape index (κ1) is 19.0. The van der Waals surface area contributed by atoms with Gasteiger partial charge in [-0.2, -0.15) is 4.31 Å². The van der Waals surface area contributed by atoms with Gasteiger partial charge in [0.25, 0.3) is 0 Å². The van der Waals surface area contributed by atoms with Gasteiger partial charge < -0.3 is 0 Å². The average molecular weight is 420 g/mol. The van der Waals surface area contributed by atoms with Crippen molar-refractivity contribution >= 4 is 37.7 Å². The van der Waals surface area contributed by atoms with Crippen molar-refractivity contribution in [2.45, 2.75) is 30.7 Å². The van der Waals surface area contributed by atoms with E-state index in [0.29, 0.717) is 24.9 Å². The highest BCUT2D eigenvalue weighted by Crippen LogP contribution is 2.32. The van der Waals surface area contributed by atoms with Crippen molar-refractivity contribution in [1.29, 1.82) is 0 Å². The number of carbonyl (C=O) groups excluding carboxylic acids is 1. The van der Waals surface area contributed by atoms with E-state index in [0.717, 1.165) is 21.9 Å². The third-order valence-corrected chi connectivity index (χ3v) is 7.74. The van der Waals surface area contributed by atoms with Crippen LogP contribution in [-0.4, -0.2) is 40.8 Å². The van der Waals surface area contributed by atoms with Gasteiger partial charge in [0, 0.05) is 23.5 Å². The van der Waals surface area contributed by atoms with Crippen LogP contribution in [0.15, 0.2) is 71.9 Å². The minimum atomic E-state index is -3.76. The summed E-state index contributed by atoms with van der Waals surface area (Å²) in [5.41, 5.74) is 2.45. The molecule has 0 amide bonds. The average Bonchev–Trinajstić information content (AvgIpc) is 3.37. The Morgan fingerprint density at radius 3 is 2.53 bits per heavy atom. The molecule has 0 spiro atoms. The lowest BCUT2D eigenvalue weighted by atomic mass is 10.2. The maximum atomic E-state index is 13.7. The van der Waals surface area contributed by atoms with E-state index in [4.69, 9.17) is 0 Å². The van der Waals surface area contributed by atoms with E-state index in [9.17, 15) is 13.2 Å². The number of carbonyl (C=O) groups is 1. The molecule has 1 aliphatic heterocycles. The Bertz CT molecular complexity index is 1320. The first-order valence-corrected chi connectivity index (χ1v) is 11.4. The van der Waals surface area contributed by atoms with E-state index in [1.807, 2.05) is 37.3 Å². The van der Waals surface area contributed by atoms with Gasteiger partial charge in [0.15, 0.2) is 0 Å². The minimum absolute atomic E-state index is 0.219. The lowest BCUT2D eigenvalue weighted by molar-refractivity contribution is 0.0843. The Hall–Kier alpha value is -3.03.